The first-order valence-electron chi connectivity index (χ1n) is 7.96. The van der Waals surface area contributed by atoms with E-state index in [4.69, 9.17) is 9.47 Å². The minimum Gasteiger partial charge on any atom is -0.493 e. The lowest BCUT2D eigenvalue weighted by Crippen LogP contribution is -2.43. The summed E-state index contributed by atoms with van der Waals surface area (Å²) in [5, 5.41) is 5.56. The lowest BCUT2D eigenvalue weighted by Gasteiger charge is -2.15. The van der Waals surface area contributed by atoms with Crippen molar-refractivity contribution in [1.29, 1.82) is 0 Å². The van der Waals surface area contributed by atoms with Crippen molar-refractivity contribution in [2.45, 2.75) is 19.3 Å². The first kappa shape index (κ1) is 17.8. The van der Waals surface area contributed by atoms with Crippen LogP contribution in [0.2, 0.25) is 0 Å². The van der Waals surface area contributed by atoms with Crippen LogP contribution >= 0.6 is 0 Å². The molecule has 130 valence electrons. The van der Waals surface area contributed by atoms with Crippen LogP contribution in [-0.2, 0) is 16.0 Å². The number of hydrogen-bond donors (Lipinski definition) is 2. The molecule has 1 saturated carbocycles. The van der Waals surface area contributed by atoms with Gasteiger partial charge in [0.1, 0.15) is 5.41 Å². The molecule has 2 amide bonds. The van der Waals surface area contributed by atoms with Gasteiger partial charge in [-0.1, -0.05) is 12.1 Å². The van der Waals surface area contributed by atoms with E-state index >= 15 is 0 Å². The van der Waals surface area contributed by atoms with E-state index < -0.39 is 5.41 Å². The molecule has 0 saturated heterocycles. The number of methoxy groups -OCH3 is 2. The number of rotatable bonds is 9. The molecule has 0 atom stereocenters. The van der Waals surface area contributed by atoms with Gasteiger partial charge in [0.05, 0.1) is 14.2 Å². The molecule has 0 heterocycles. The van der Waals surface area contributed by atoms with Crippen LogP contribution < -0.4 is 20.1 Å². The molecular weight excluding hydrogens is 308 g/mol. The first-order chi connectivity index (χ1) is 11.6. The van der Waals surface area contributed by atoms with Crippen molar-refractivity contribution in [1.82, 2.24) is 10.6 Å². The number of amides is 2. The quantitative estimate of drug-likeness (QED) is 0.530. The SMILES string of the molecule is C=CCNC(=O)C1(C(=O)NCCc2ccc(OC)c(OC)c2)CC1. The van der Waals surface area contributed by atoms with Crippen molar-refractivity contribution in [3.8, 4) is 11.5 Å². The molecule has 0 aromatic heterocycles. The first-order valence-corrected chi connectivity index (χ1v) is 7.96. The maximum absolute atomic E-state index is 12.3. The maximum Gasteiger partial charge on any atom is 0.235 e. The fourth-order valence-electron chi connectivity index (χ4n) is 2.54. The van der Waals surface area contributed by atoms with Gasteiger partial charge in [0.2, 0.25) is 11.8 Å². The second kappa shape index (κ2) is 7.86. The number of nitrogens with one attached hydrogen (secondary N) is 2. The number of carbonyl (C=O) groups is 2. The van der Waals surface area contributed by atoms with E-state index in [-0.39, 0.29) is 11.8 Å². The molecule has 1 aromatic rings. The molecule has 1 aliphatic carbocycles. The van der Waals surface area contributed by atoms with E-state index in [1.165, 1.54) is 0 Å². The van der Waals surface area contributed by atoms with Crippen LogP contribution in [0.25, 0.3) is 0 Å². The van der Waals surface area contributed by atoms with E-state index in [0.29, 0.717) is 43.9 Å². The molecule has 0 unspecified atom stereocenters. The predicted octanol–water partition coefficient (Wildman–Crippen LogP) is 1.44. The summed E-state index contributed by atoms with van der Waals surface area (Å²) in [6.45, 7) is 4.39. The van der Waals surface area contributed by atoms with E-state index in [1.807, 2.05) is 18.2 Å². The number of carbonyl (C=O) groups excluding carboxylic acids is 2. The highest BCUT2D eigenvalue weighted by Gasteiger charge is 2.56. The highest BCUT2D eigenvalue weighted by atomic mass is 16.5. The Labute approximate surface area is 142 Å². The Morgan fingerprint density at radius 1 is 1.17 bits per heavy atom. The second-order valence-electron chi connectivity index (χ2n) is 5.78. The van der Waals surface area contributed by atoms with Crippen molar-refractivity contribution in [3.05, 3.63) is 36.4 Å². The Kier molecular flexibility index (Phi) is 5.84. The van der Waals surface area contributed by atoms with Crippen LogP contribution in [0.1, 0.15) is 18.4 Å². The highest BCUT2D eigenvalue weighted by molar-refractivity contribution is 6.07. The summed E-state index contributed by atoms with van der Waals surface area (Å²) < 4.78 is 10.5. The summed E-state index contributed by atoms with van der Waals surface area (Å²) in [5.74, 6) is 0.903. The van der Waals surface area contributed by atoms with E-state index in [2.05, 4.69) is 17.2 Å². The largest absolute Gasteiger partial charge is 0.493 e. The van der Waals surface area contributed by atoms with Crippen LogP contribution in [0.3, 0.4) is 0 Å². The van der Waals surface area contributed by atoms with Crippen LogP contribution in [0, 0.1) is 5.41 Å². The van der Waals surface area contributed by atoms with Gasteiger partial charge in [-0.15, -0.1) is 6.58 Å². The predicted molar refractivity (Wildman–Crippen MR) is 91.1 cm³/mol. The molecule has 0 bridgehead atoms. The zero-order valence-corrected chi connectivity index (χ0v) is 14.2. The zero-order chi connectivity index (χ0) is 17.6. The van der Waals surface area contributed by atoms with Gasteiger partial charge in [-0.05, 0) is 37.0 Å². The normalized spacial score (nSPS) is 14.4. The van der Waals surface area contributed by atoms with Crippen LogP contribution in [0.15, 0.2) is 30.9 Å². The average molecular weight is 332 g/mol. The average Bonchev–Trinajstić information content (AvgIpc) is 3.41. The van der Waals surface area contributed by atoms with Crippen LogP contribution in [-0.4, -0.2) is 39.1 Å². The fraction of sp³-hybridized carbons (Fsp3) is 0.444. The smallest absolute Gasteiger partial charge is 0.235 e. The van der Waals surface area contributed by atoms with Gasteiger partial charge in [-0.25, -0.2) is 0 Å². The molecule has 2 N–H and O–H groups in total. The summed E-state index contributed by atoms with van der Waals surface area (Å²) >= 11 is 0. The van der Waals surface area contributed by atoms with Gasteiger partial charge < -0.3 is 20.1 Å². The minimum absolute atomic E-state index is 0.204. The molecule has 24 heavy (non-hydrogen) atoms. The molecule has 1 aromatic carbocycles. The maximum atomic E-state index is 12.3. The number of hydrogen-bond acceptors (Lipinski definition) is 4. The molecule has 6 heteroatoms. The topological polar surface area (TPSA) is 76.7 Å². The van der Waals surface area contributed by atoms with Crippen molar-refractivity contribution >= 4 is 11.8 Å². The molecule has 1 aliphatic rings. The summed E-state index contributed by atoms with van der Waals surface area (Å²) in [5.41, 5.74) is 0.134. The third-order valence-corrected chi connectivity index (χ3v) is 4.17. The lowest BCUT2D eigenvalue weighted by atomic mass is 10.0. The molecule has 2 rings (SSSR count). The summed E-state index contributed by atoms with van der Waals surface area (Å²) in [6.07, 6.45) is 3.44. The molecule has 0 aliphatic heterocycles. The van der Waals surface area contributed by atoms with Gasteiger partial charge in [0, 0.05) is 13.1 Å². The van der Waals surface area contributed by atoms with Crippen molar-refractivity contribution in [2.75, 3.05) is 27.3 Å². The van der Waals surface area contributed by atoms with E-state index in [1.54, 1.807) is 20.3 Å². The summed E-state index contributed by atoms with van der Waals surface area (Å²) in [4.78, 5) is 24.4. The Morgan fingerprint density at radius 2 is 1.83 bits per heavy atom. The summed E-state index contributed by atoms with van der Waals surface area (Å²) in [7, 11) is 3.17. The van der Waals surface area contributed by atoms with Crippen LogP contribution in [0.4, 0.5) is 0 Å². The third-order valence-electron chi connectivity index (χ3n) is 4.17. The standard InChI is InChI=1S/C18H24N2O4/c1-4-10-19-16(21)18(8-9-18)17(22)20-11-7-13-5-6-14(23-2)15(12-13)24-3/h4-6,12H,1,7-11H2,2-3H3,(H,19,21)(H,20,22). The van der Waals surface area contributed by atoms with Gasteiger partial charge in [0.15, 0.2) is 11.5 Å². The number of benzene rings is 1. The number of ether oxygens (including phenoxy) is 2. The van der Waals surface area contributed by atoms with Crippen molar-refractivity contribution < 1.29 is 19.1 Å². The Balaban J connectivity index is 1.87. The molecular formula is C18H24N2O4. The lowest BCUT2D eigenvalue weighted by molar-refractivity contribution is -0.137. The van der Waals surface area contributed by atoms with E-state index in [0.717, 1.165) is 5.56 Å². The Morgan fingerprint density at radius 3 is 2.42 bits per heavy atom. The van der Waals surface area contributed by atoms with Gasteiger partial charge in [-0.2, -0.15) is 0 Å². The summed E-state index contributed by atoms with van der Waals surface area (Å²) in [6, 6.07) is 5.65. The van der Waals surface area contributed by atoms with Crippen molar-refractivity contribution in [3.63, 3.8) is 0 Å². The fourth-order valence-corrected chi connectivity index (χ4v) is 2.54. The van der Waals surface area contributed by atoms with Gasteiger partial charge in [0.25, 0.3) is 0 Å². The monoisotopic (exact) mass is 332 g/mol. The Hall–Kier alpha value is -2.50. The highest BCUT2D eigenvalue weighted by Crippen LogP contribution is 2.46. The second-order valence-corrected chi connectivity index (χ2v) is 5.78. The molecule has 0 spiro atoms. The third kappa shape index (κ3) is 3.88. The van der Waals surface area contributed by atoms with Crippen molar-refractivity contribution in [2.24, 2.45) is 5.41 Å². The molecule has 0 radical (unpaired) electrons. The molecule has 1 fully saturated rings. The minimum atomic E-state index is -0.888. The molecule has 6 nitrogen and oxygen atoms in total. The Bertz CT molecular complexity index is 623. The zero-order valence-electron chi connectivity index (χ0n) is 14.2. The van der Waals surface area contributed by atoms with Gasteiger partial charge >= 0.3 is 0 Å². The van der Waals surface area contributed by atoms with Gasteiger partial charge in [-0.3, -0.25) is 9.59 Å². The van der Waals surface area contributed by atoms with E-state index in [9.17, 15) is 9.59 Å². The van der Waals surface area contributed by atoms with Crippen LogP contribution in [0.5, 0.6) is 11.5 Å².